The first-order valence-corrected chi connectivity index (χ1v) is 7.68. The molecule has 2 aromatic carbocycles. The summed E-state index contributed by atoms with van der Waals surface area (Å²) in [4.78, 5) is 11.1. The maximum absolute atomic E-state index is 13.5. The predicted octanol–water partition coefficient (Wildman–Crippen LogP) is 2.72. The zero-order valence-corrected chi connectivity index (χ0v) is 11.7. The van der Waals surface area contributed by atoms with E-state index in [2.05, 4.69) is 0 Å². The van der Waals surface area contributed by atoms with Crippen molar-refractivity contribution in [3.05, 3.63) is 53.8 Å². The van der Waals surface area contributed by atoms with Gasteiger partial charge in [-0.25, -0.2) is 17.6 Å². The van der Waals surface area contributed by atoms with Gasteiger partial charge in [-0.05, 0) is 30.3 Å². The average molecular weight is 310 g/mol. The van der Waals surface area contributed by atoms with Crippen LogP contribution >= 0.6 is 0 Å². The van der Waals surface area contributed by atoms with Crippen molar-refractivity contribution in [2.24, 2.45) is 0 Å². The molecule has 0 bridgehead atoms. The number of carboxylic acid groups (broad SMARTS) is 1. The third kappa shape index (κ3) is 3.38. The van der Waals surface area contributed by atoms with E-state index in [0.717, 1.165) is 12.3 Å². The van der Waals surface area contributed by atoms with E-state index < -0.39 is 27.2 Å². The van der Waals surface area contributed by atoms with E-state index in [4.69, 9.17) is 9.84 Å². The molecule has 0 aromatic heterocycles. The molecule has 0 saturated heterocycles. The molecule has 0 amide bonds. The van der Waals surface area contributed by atoms with Crippen molar-refractivity contribution in [3.63, 3.8) is 0 Å². The SMILES string of the molecule is CS(=O)(=O)c1cccc(Oc2cccc(F)c2C(=O)O)c1. The van der Waals surface area contributed by atoms with Crippen LogP contribution in [-0.4, -0.2) is 25.7 Å². The zero-order valence-electron chi connectivity index (χ0n) is 10.9. The van der Waals surface area contributed by atoms with Gasteiger partial charge >= 0.3 is 5.97 Å². The summed E-state index contributed by atoms with van der Waals surface area (Å²) in [5, 5.41) is 8.99. The number of sulfone groups is 1. The number of benzene rings is 2. The van der Waals surface area contributed by atoms with Gasteiger partial charge < -0.3 is 9.84 Å². The standard InChI is InChI=1S/C14H11FO5S/c1-21(18,19)10-5-2-4-9(8-10)20-12-7-3-6-11(15)13(12)14(16)17/h2-8H,1H3,(H,16,17). The third-order valence-electron chi connectivity index (χ3n) is 2.65. The fourth-order valence-electron chi connectivity index (χ4n) is 1.69. The van der Waals surface area contributed by atoms with Crippen LogP contribution in [-0.2, 0) is 9.84 Å². The Hall–Kier alpha value is -2.41. The highest BCUT2D eigenvalue weighted by Crippen LogP contribution is 2.28. The monoisotopic (exact) mass is 310 g/mol. The number of hydrogen-bond acceptors (Lipinski definition) is 4. The minimum Gasteiger partial charge on any atom is -0.477 e. The first kappa shape index (κ1) is 15.0. The number of aromatic carboxylic acids is 1. The van der Waals surface area contributed by atoms with E-state index in [-0.39, 0.29) is 16.4 Å². The Morgan fingerprint density at radius 1 is 1.19 bits per heavy atom. The topological polar surface area (TPSA) is 80.7 Å². The van der Waals surface area contributed by atoms with Crippen LogP contribution < -0.4 is 4.74 Å². The molecule has 0 aliphatic rings. The summed E-state index contributed by atoms with van der Waals surface area (Å²) in [5.41, 5.74) is -0.609. The molecule has 0 radical (unpaired) electrons. The van der Waals surface area contributed by atoms with Crippen LogP contribution in [0.15, 0.2) is 47.4 Å². The molecule has 5 nitrogen and oxygen atoms in total. The van der Waals surface area contributed by atoms with Crippen molar-refractivity contribution >= 4 is 15.8 Å². The van der Waals surface area contributed by atoms with E-state index in [1.807, 2.05) is 0 Å². The van der Waals surface area contributed by atoms with Gasteiger partial charge in [-0.1, -0.05) is 12.1 Å². The molecule has 1 N–H and O–H groups in total. The lowest BCUT2D eigenvalue weighted by Crippen LogP contribution is -2.04. The number of ether oxygens (including phenoxy) is 1. The molecular formula is C14H11FO5S. The molecule has 21 heavy (non-hydrogen) atoms. The summed E-state index contributed by atoms with van der Waals surface area (Å²) in [5.74, 6) is -2.50. The van der Waals surface area contributed by atoms with Gasteiger partial charge in [0, 0.05) is 6.26 Å². The summed E-state index contributed by atoms with van der Waals surface area (Å²) in [6.45, 7) is 0. The Bertz CT molecular complexity index is 799. The Morgan fingerprint density at radius 2 is 1.86 bits per heavy atom. The molecule has 0 spiro atoms. The van der Waals surface area contributed by atoms with E-state index in [0.29, 0.717) is 0 Å². The second-order valence-electron chi connectivity index (χ2n) is 4.27. The second-order valence-corrected chi connectivity index (χ2v) is 6.28. The highest BCUT2D eigenvalue weighted by atomic mass is 32.2. The van der Waals surface area contributed by atoms with Gasteiger partial charge in [0.15, 0.2) is 9.84 Å². The third-order valence-corrected chi connectivity index (χ3v) is 3.76. The van der Waals surface area contributed by atoms with Crippen LogP contribution in [0.4, 0.5) is 4.39 Å². The van der Waals surface area contributed by atoms with Gasteiger partial charge in [0.05, 0.1) is 4.90 Å². The van der Waals surface area contributed by atoms with Crippen LogP contribution in [0.25, 0.3) is 0 Å². The molecule has 2 rings (SSSR count). The van der Waals surface area contributed by atoms with E-state index in [9.17, 15) is 17.6 Å². The summed E-state index contributed by atoms with van der Waals surface area (Å²) >= 11 is 0. The van der Waals surface area contributed by atoms with Gasteiger partial charge in [0.1, 0.15) is 22.9 Å². The van der Waals surface area contributed by atoms with Gasteiger partial charge in [-0.15, -0.1) is 0 Å². The van der Waals surface area contributed by atoms with E-state index in [1.54, 1.807) is 0 Å². The fourth-order valence-corrected chi connectivity index (χ4v) is 2.35. The van der Waals surface area contributed by atoms with Gasteiger partial charge in [-0.2, -0.15) is 0 Å². The maximum Gasteiger partial charge on any atom is 0.342 e. The molecular weight excluding hydrogens is 299 g/mol. The maximum atomic E-state index is 13.5. The van der Waals surface area contributed by atoms with Crippen molar-refractivity contribution in [1.29, 1.82) is 0 Å². The lowest BCUT2D eigenvalue weighted by Gasteiger charge is -2.10. The van der Waals surface area contributed by atoms with Crippen molar-refractivity contribution < 1.29 is 27.4 Å². The van der Waals surface area contributed by atoms with Crippen LogP contribution in [0.2, 0.25) is 0 Å². The van der Waals surface area contributed by atoms with Crippen molar-refractivity contribution in [2.75, 3.05) is 6.26 Å². The minimum absolute atomic E-state index is 0.0216. The number of hydrogen-bond donors (Lipinski definition) is 1. The normalized spacial score (nSPS) is 11.1. The summed E-state index contributed by atoms with van der Waals surface area (Å²) in [6.07, 6.45) is 1.04. The Labute approximate surface area is 120 Å². The van der Waals surface area contributed by atoms with Crippen molar-refractivity contribution in [1.82, 2.24) is 0 Å². The molecule has 2 aromatic rings. The Balaban J connectivity index is 2.44. The summed E-state index contributed by atoms with van der Waals surface area (Å²) in [6, 6.07) is 9.12. The van der Waals surface area contributed by atoms with Crippen LogP contribution in [0.5, 0.6) is 11.5 Å². The average Bonchev–Trinajstić information content (AvgIpc) is 2.37. The fraction of sp³-hybridized carbons (Fsp3) is 0.0714. The molecule has 0 unspecified atom stereocenters. The lowest BCUT2D eigenvalue weighted by molar-refractivity contribution is 0.0689. The Kier molecular flexibility index (Phi) is 3.95. The van der Waals surface area contributed by atoms with E-state index >= 15 is 0 Å². The Morgan fingerprint density at radius 3 is 2.48 bits per heavy atom. The van der Waals surface area contributed by atoms with Crippen molar-refractivity contribution in [3.8, 4) is 11.5 Å². The highest BCUT2D eigenvalue weighted by molar-refractivity contribution is 7.90. The van der Waals surface area contributed by atoms with Gasteiger partial charge in [0.25, 0.3) is 0 Å². The molecule has 0 saturated carbocycles. The largest absolute Gasteiger partial charge is 0.477 e. The van der Waals surface area contributed by atoms with Crippen LogP contribution in [0.1, 0.15) is 10.4 Å². The summed E-state index contributed by atoms with van der Waals surface area (Å²) in [7, 11) is -3.42. The lowest BCUT2D eigenvalue weighted by atomic mass is 10.2. The number of halogens is 1. The second kappa shape index (κ2) is 5.53. The molecule has 0 heterocycles. The molecule has 0 atom stereocenters. The molecule has 7 heteroatoms. The van der Waals surface area contributed by atoms with Gasteiger partial charge in [-0.3, -0.25) is 0 Å². The van der Waals surface area contributed by atoms with Crippen molar-refractivity contribution in [2.45, 2.75) is 4.90 Å². The first-order valence-electron chi connectivity index (χ1n) is 5.79. The van der Waals surface area contributed by atoms with Crippen LogP contribution in [0, 0.1) is 5.82 Å². The summed E-state index contributed by atoms with van der Waals surface area (Å²) < 4.78 is 41.7. The van der Waals surface area contributed by atoms with Crippen LogP contribution in [0.3, 0.4) is 0 Å². The smallest absolute Gasteiger partial charge is 0.342 e. The molecule has 0 fully saturated rings. The molecule has 0 aliphatic heterocycles. The van der Waals surface area contributed by atoms with Gasteiger partial charge in [0.2, 0.25) is 0 Å². The molecule has 0 aliphatic carbocycles. The van der Waals surface area contributed by atoms with E-state index in [1.165, 1.54) is 36.4 Å². The quantitative estimate of drug-likeness (QED) is 0.939. The zero-order chi connectivity index (χ0) is 15.6. The number of rotatable bonds is 4. The minimum atomic E-state index is -3.42. The number of carbonyl (C=O) groups is 1. The predicted molar refractivity (Wildman–Crippen MR) is 73.0 cm³/mol. The first-order chi connectivity index (χ1) is 9.79. The highest BCUT2D eigenvalue weighted by Gasteiger charge is 2.18. The molecule has 110 valence electrons. The number of carboxylic acids is 1.